The van der Waals surface area contributed by atoms with Crippen molar-refractivity contribution in [2.24, 2.45) is 0 Å². The van der Waals surface area contributed by atoms with Crippen molar-refractivity contribution >= 4 is 22.9 Å². The van der Waals surface area contributed by atoms with Crippen molar-refractivity contribution in [2.45, 2.75) is 38.5 Å². The van der Waals surface area contributed by atoms with Crippen LogP contribution in [0.1, 0.15) is 36.6 Å². The lowest BCUT2D eigenvalue weighted by atomic mass is 9.91. The van der Waals surface area contributed by atoms with Crippen LogP contribution in [0.5, 0.6) is 0 Å². The molecule has 0 spiro atoms. The molecule has 3 aromatic carbocycles. The van der Waals surface area contributed by atoms with Crippen molar-refractivity contribution in [3.05, 3.63) is 107 Å². The number of rotatable bonds is 8. The predicted molar refractivity (Wildman–Crippen MR) is 133 cm³/mol. The number of aromatic nitrogens is 1. The molecule has 0 saturated carbocycles. The van der Waals surface area contributed by atoms with Gasteiger partial charge in [-0.1, -0.05) is 60.7 Å². The van der Waals surface area contributed by atoms with Gasteiger partial charge in [0, 0.05) is 29.1 Å². The van der Waals surface area contributed by atoms with E-state index in [0.29, 0.717) is 0 Å². The normalized spacial score (nSPS) is 13.6. The number of carbonyl (C=O) groups is 2. The fourth-order valence-electron chi connectivity index (χ4n) is 4.09. The van der Waals surface area contributed by atoms with Gasteiger partial charge in [-0.05, 0) is 37.1 Å². The third kappa shape index (κ3) is 5.54. The zero-order chi connectivity index (χ0) is 25.7. The SMILES string of the molecule is CC(NC(=O)C(C)(Cc1c[nH]c2ccccc12)NC(=O)OCc1cccc(F)c1F)c1ccccc1. The number of amides is 2. The summed E-state index contributed by atoms with van der Waals surface area (Å²) < 4.78 is 32.6. The largest absolute Gasteiger partial charge is 0.445 e. The maximum absolute atomic E-state index is 14.0. The van der Waals surface area contributed by atoms with Crippen LogP contribution in [0.4, 0.5) is 13.6 Å². The lowest BCUT2D eigenvalue weighted by Crippen LogP contribution is -2.58. The van der Waals surface area contributed by atoms with Crippen LogP contribution in [0.25, 0.3) is 10.9 Å². The smallest absolute Gasteiger partial charge is 0.408 e. The fourth-order valence-corrected chi connectivity index (χ4v) is 4.09. The minimum atomic E-state index is -1.41. The molecule has 6 nitrogen and oxygen atoms in total. The molecule has 1 heterocycles. The van der Waals surface area contributed by atoms with Crippen LogP contribution in [0.3, 0.4) is 0 Å². The van der Waals surface area contributed by atoms with Gasteiger partial charge in [0.1, 0.15) is 12.1 Å². The van der Waals surface area contributed by atoms with Gasteiger partial charge in [0.15, 0.2) is 11.6 Å². The molecule has 3 N–H and O–H groups in total. The first kappa shape index (κ1) is 24.9. The monoisotopic (exact) mass is 491 g/mol. The second-order valence-corrected chi connectivity index (χ2v) is 8.89. The summed E-state index contributed by atoms with van der Waals surface area (Å²) in [6.07, 6.45) is 1.03. The molecule has 0 aliphatic carbocycles. The Morgan fingerprint density at radius 3 is 2.47 bits per heavy atom. The standard InChI is InChI=1S/C28H27F2N3O3/c1-18(19-9-4-3-5-10-19)32-26(34)28(2,15-21-16-31-24-14-7-6-12-22(21)24)33-27(35)36-17-20-11-8-13-23(29)25(20)30/h3-14,16,18,31H,15,17H2,1-2H3,(H,32,34)(H,33,35). The number of alkyl carbamates (subject to hydrolysis) is 1. The van der Waals surface area contributed by atoms with Gasteiger partial charge in [-0.2, -0.15) is 0 Å². The number of hydrogen-bond donors (Lipinski definition) is 3. The van der Waals surface area contributed by atoms with E-state index in [0.717, 1.165) is 28.1 Å². The highest BCUT2D eigenvalue weighted by Gasteiger charge is 2.37. The van der Waals surface area contributed by atoms with E-state index < -0.39 is 35.8 Å². The van der Waals surface area contributed by atoms with Gasteiger partial charge in [-0.15, -0.1) is 0 Å². The quantitative estimate of drug-likeness (QED) is 0.302. The summed E-state index contributed by atoms with van der Waals surface area (Å²) in [5.41, 5.74) is 1.12. The molecule has 2 amide bonds. The van der Waals surface area contributed by atoms with E-state index >= 15 is 0 Å². The van der Waals surface area contributed by atoms with Gasteiger partial charge in [0.25, 0.3) is 0 Å². The molecule has 0 saturated heterocycles. The van der Waals surface area contributed by atoms with Crippen molar-refractivity contribution in [3.8, 4) is 0 Å². The molecule has 0 aliphatic heterocycles. The zero-order valence-corrected chi connectivity index (χ0v) is 20.0. The van der Waals surface area contributed by atoms with Gasteiger partial charge < -0.3 is 20.4 Å². The summed E-state index contributed by atoms with van der Waals surface area (Å²) in [7, 11) is 0. The summed E-state index contributed by atoms with van der Waals surface area (Å²) in [6.45, 7) is 2.97. The third-order valence-corrected chi connectivity index (χ3v) is 6.14. The highest BCUT2D eigenvalue weighted by Crippen LogP contribution is 2.24. The first-order chi connectivity index (χ1) is 17.3. The Morgan fingerprint density at radius 1 is 0.972 bits per heavy atom. The number of para-hydroxylation sites is 1. The number of nitrogens with one attached hydrogen (secondary N) is 3. The molecule has 0 fully saturated rings. The predicted octanol–water partition coefficient (Wildman–Crippen LogP) is 5.55. The van der Waals surface area contributed by atoms with Crippen LogP contribution in [0, 0.1) is 11.6 Å². The molecule has 186 valence electrons. The number of H-pyrrole nitrogens is 1. The number of carbonyl (C=O) groups excluding carboxylic acids is 2. The van der Waals surface area contributed by atoms with Crippen LogP contribution in [0.15, 0.2) is 79.0 Å². The number of halogens is 2. The average molecular weight is 492 g/mol. The molecular formula is C28H27F2N3O3. The van der Waals surface area contributed by atoms with Gasteiger partial charge >= 0.3 is 6.09 Å². The first-order valence-electron chi connectivity index (χ1n) is 11.6. The molecule has 8 heteroatoms. The third-order valence-electron chi connectivity index (χ3n) is 6.14. The first-order valence-corrected chi connectivity index (χ1v) is 11.6. The van der Waals surface area contributed by atoms with Gasteiger partial charge in [0.2, 0.25) is 5.91 Å². The van der Waals surface area contributed by atoms with Crippen molar-refractivity contribution in [3.63, 3.8) is 0 Å². The van der Waals surface area contributed by atoms with E-state index in [1.807, 2.05) is 61.5 Å². The summed E-state index contributed by atoms with van der Waals surface area (Å²) in [4.78, 5) is 29.4. The highest BCUT2D eigenvalue weighted by molar-refractivity contribution is 5.91. The van der Waals surface area contributed by atoms with Crippen LogP contribution < -0.4 is 10.6 Å². The topological polar surface area (TPSA) is 83.2 Å². The minimum Gasteiger partial charge on any atom is -0.445 e. The minimum absolute atomic E-state index is 0.106. The number of fused-ring (bicyclic) bond motifs is 1. The molecule has 4 aromatic rings. The second kappa shape index (κ2) is 10.6. The average Bonchev–Trinajstić information content (AvgIpc) is 3.27. The second-order valence-electron chi connectivity index (χ2n) is 8.89. The molecule has 1 aromatic heterocycles. The number of hydrogen-bond acceptors (Lipinski definition) is 3. The molecule has 0 radical (unpaired) electrons. The molecule has 2 unspecified atom stereocenters. The van der Waals surface area contributed by atoms with Gasteiger partial charge in [-0.3, -0.25) is 4.79 Å². The lowest BCUT2D eigenvalue weighted by molar-refractivity contribution is -0.127. The Kier molecular flexibility index (Phi) is 7.33. The Labute approximate surface area is 207 Å². The summed E-state index contributed by atoms with van der Waals surface area (Å²) in [6, 6.07) is 20.4. The van der Waals surface area contributed by atoms with Crippen molar-refractivity contribution in [1.29, 1.82) is 0 Å². The van der Waals surface area contributed by atoms with Crippen LogP contribution in [-0.2, 0) is 22.6 Å². The fraction of sp³-hybridized carbons (Fsp3) is 0.214. The molecule has 36 heavy (non-hydrogen) atoms. The van der Waals surface area contributed by atoms with E-state index in [1.54, 1.807) is 13.1 Å². The van der Waals surface area contributed by atoms with Gasteiger partial charge in [-0.25, -0.2) is 13.6 Å². The Balaban J connectivity index is 1.55. The van der Waals surface area contributed by atoms with Crippen LogP contribution in [0.2, 0.25) is 0 Å². The van der Waals surface area contributed by atoms with E-state index in [-0.39, 0.29) is 18.0 Å². The van der Waals surface area contributed by atoms with E-state index in [1.165, 1.54) is 12.1 Å². The molecule has 0 aliphatic rings. The van der Waals surface area contributed by atoms with Crippen molar-refractivity contribution < 1.29 is 23.1 Å². The van der Waals surface area contributed by atoms with Gasteiger partial charge in [0.05, 0.1) is 6.04 Å². The number of ether oxygens (including phenoxy) is 1. The van der Waals surface area contributed by atoms with Crippen LogP contribution >= 0.6 is 0 Å². The van der Waals surface area contributed by atoms with Crippen LogP contribution in [-0.4, -0.2) is 22.5 Å². The Bertz CT molecular complexity index is 1370. The summed E-state index contributed by atoms with van der Waals surface area (Å²) >= 11 is 0. The van der Waals surface area contributed by atoms with E-state index in [4.69, 9.17) is 4.74 Å². The summed E-state index contributed by atoms with van der Waals surface area (Å²) in [5, 5.41) is 6.54. The van der Waals surface area contributed by atoms with E-state index in [2.05, 4.69) is 15.6 Å². The van der Waals surface area contributed by atoms with E-state index in [9.17, 15) is 18.4 Å². The molecule has 4 rings (SSSR count). The molecule has 0 bridgehead atoms. The zero-order valence-electron chi connectivity index (χ0n) is 20.0. The Morgan fingerprint density at radius 2 is 1.69 bits per heavy atom. The molecule has 2 atom stereocenters. The maximum atomic E-state index is 14.0. The van der Waals surface area contributed by atoms with Crippen molar-refractivity contribution in [2.75, 3.05) is 0 Å². The number of aromatic amines is 1. The van der Waals surface area contributed by atoms with Crippen molar-refractivity contribution in [1.82, 2.24) is 15.6 Å². The molecular weight excluding hydrogens is 464 g/mol. The summed E-state index contributed by atoms with van der Waals surface area (Å²) in [5.74, 6) is -2.53. The Hall–Kier alpha value is -4.20. The lowest BCUT2D eigenvalue weighted by Gasteiger charge is -2.31. The number of benzene rings is 3. The maximum Gasteiger partial charge on any atom is 0.408 e. The highest BCUT2D eigenvalue weighted by atomic mass is 19.2.